The Kier molecular flexibility index (Phi) is 3.55. The maximum absolute atomic E-state index is 9.42. The van der Waals surface area contributed by atoms with Crippen molar-refractivity contribution in [2.75, 3.05) is 0 Å². The molecule has 10 aromatic rings. The number of hydrogen-bond acceptors (Lipinski definition) is 1. The number of benzene rings is 9. The summed E-state index contributed by atoms with van der Waals surface area (Å²) in [7, 11) is 0. The van der Waals surface area contributed by atoms with Crippen molar-refractivity contribution in [3.8, 4) is 33.4 Å². The minimum atomic E-state index is -0.720. The lowest BCUT2D eigenvalue weighted by molar-refractivity contribution is 0.669. The second-order valence-corrected chi connectivity index (χ2v) is 11.4. The predicted octanol–water partition coefficient (Wildman–Crippen LogP) is 13.2. The van der Waals surface area contributed by atoms with Crippen molar-refractivity contribution in [2.45, 2.75) is 0 Å². The van der Waals surface area contributed by atoms with Crippen LogP contribution in [0.3, 0.4) is 0 Å². The van der Waals surface area contributed by atoms with Gasteiger partial charge in [0.15, 0.2) is 0 Å². The van der Waals surface area contributed by atoms with Crippen LogP contribution in [0, 0.1) is 0 Å². The molecule has 10 rings (SSSR count). The van der Waals surface area contributed by atoms with Gasteiger partial charge in [-0.1, -0.05) is 145 Å². The molecule has 218 valence electrons. The summed E-state index contributed by atoms with van der Waals surface area (Å²) >= 11 is 0. The molecule has 0 aliphatic heterocycles. The van der Waals surface area contributed by atoms with Gasteiger partial charge >= 0.3 is 0 Å². The predicted molar refractivity (Wildman–Crippen MR) is 200 cm³/mol. The monoisotopic (exact) mass is 609 g/mol. The molecule has 9 aromatic carbocycles. The molecule has 0 aliphatic carbocycles. The fraction of sp³-hybridized carbons (Fsp3) is 0. The zero-order chi connectivity index (χ0) is 42.2. The van der Waals surface area contributed by atoms with E-state index < -0.39 is 84.1 Å². The molecule has 0 bridgehead atoms. The first kappa shape index (κ1) is 16.4. The minimum absolute atomic E-state index is 0.0463. The van der Waals surface area contributed by atoms with Gasteiger partial charge in [0.05, 0.1) is 17.8 Å². The van der Waals surface area contributed by atoms with Crippen LogP contribution in [0.2, 0.25) is 0 Å². The van der Waals surface area contributed by atoms with Crippen LogP contribution in [-0.4, -0.2) is 0 Å². The Morgan fingerprint density at radius 1 is 0.383 bits per heavy atom. The third-order valence-corrected chi connectivity index (χ3v) is 8.97. The van der Waals surface area contributed by atoms with Gasteiger partial charge in [-0.2, -0.15) is 0 Å². The van der Waals surface area contributed by atoms with E-state index >= 15 is 0 Å². The van der Waals surface area contributed by atoms with Gasteiger partial charge in [-0.25, -0.2) is 0 Å². The Morgan fingerprint density at radius 2 is 1.02 bits per heavy atom. The van der Waals surface area contributed by atoms with Gasteiger partial charge in [0.2, 0.25) is 0 Å². The van der Waals surface area contributed by atoms with Crippen molar-refractivity contribution < 1.29 is 22.2 Å². The van der Waals surface area contributed by atoms with Gasteiger partial charge < -0.3 is 4.42 Å². The third-order valence-electron chi connectivity index (χ3n) is 8.97. The lowest BCUT2D eigenvalue weighted by Gasteiger charge is -2.18. The van der Waals surface area contributed by atoms with E-state index in [4.69, 9.17) is 16.8 Å². The number of fused-ring (bicyclic) bond motifs is 8. The molecule has 1 aromatic heterocycles. The van der Waals surface area contributed by atoms with E-state index in [-0.39, 0.29) is 32.7 Å². The first-order chi connectivity index (χ1) is 28.7. The summed E-state index contributed by atoms with van der Waals surface area (Å²) in [4.78, 5) is 0. The Bertz CT molecular complexity index is 3480. The third kappa shape index (κ3) is 3.90. The first-order valence-electron chi connectivity index (χ1n) is 21.6. The molecule has 0 atom stereocenters. The van der Waals surface area contributed by atoms with Gasteiger partial charge in [0.25, 0.3) is 0 Å². The fourth-order valence-electron chi connectivity index (χ4n) is 7.02. The van der Waals surface area contributed by atoms with Crippen LogP contribution >= 0.6 is 0 Å². The Hall–Kier alpha value is -6.18. The lowest BCUT2D eigenvalue weighted by atomic mass is 9.85. The highest BCUT2D eigenvalue weighted by Gasteiger charge is 2.20. The molecule has 0 unspecified atom stereocenters. The van der Waals surface area contributed by atoms with Crippen molar-refractivity contribution in [1.82, 2.24) is 0 Å². The average molecular weight is 610 g/mol. The first-order valence-corrected chi connectivity index (χ1v) is 15.1. The molecule has 0 radical (unpaired) electrons. The normalized spacial score (nSPS) is 15.7. The van der Waals surface area contributed by atoms with Crippen LogP contribution in [0.25, 0.3) is 98.4 Å². The van der Waals surface area contributed by atoms with Crippen LogP contribution in [-0.2, 0) is 0 Å². The highest BCUT2D eigenvalue weighted by atomic mass is 16.3. The number of rotatable bonds is 3. The summed E-state index contributed by atoms with van der Waals surface area (Å²) in [6.07, 6.45) is 0. The largest absolute Gasteiger partial charge is 0.456 e. The maximum Gasteiger partial charge on any atom is 0.136 e. The van der Waals surface area contributed by atoms with E-state index in [1.54, 1.807) is 18.2 Å². The summed E-state index contributed by atoms with van der Waals surface area (Å²) < 4.78 is 122. The molecule has 0 fully saturated rings. The Morgan fingerprint density at radius 3 is 1.77 bits per heavy atom. The average Bonchev–Trinajstić information content (AvgIpc) is 3.65. The Balaban J connectivity index is 1.42. The molecule has 0 spiro atoms. The highest BCUT2D eigenvalue weighted by Crippen LogP contribution is 2.47. The molecule has 47 heavy (non-hydrogen) atoms. The van der Waals surface area contributed by atoms with E-state index in [1.807, 2.05) is 42.5 Å². The van der Waals surface area contributed by atoms with Crippen LogP contribution in [0.4, 0.5) is 0 Å². The van der Waals surface area contributed by atoms with Gasteiger partial charge in [-0.05, 0) is 101 Å². The molecule has 0 aliphatic rings. The minimum Gasteiger partial charge on any atom is -0.456 e. The SMILES string of the molecule is [2H]c1c([2H])c([2H])c(-c2c3c([2H])c([2H])c([2H])c([2H])c3c(-c3cccc4oc5ccc(-c6cc7ccccc7c7ccccc67)cc5c34)c3c([2H])c([2H])c([2H])c([2H])c23)c([2H])c1[2H]. The van der Waals surface area contributed by atoms with Crippen LogP contribution in [0.15, 0.2) is 174 Å². The van der Waals surface area contributed by atoms with Crippen molar-refractivity contribution >= 4 is 65.0 Å². The Labute approximate surface area is 290 Å². The van der Waals surface area contributed by atoms with E-state index in [0.717, 1.165) is 32.7 Å². The zero-order valence-electron chi connectivity index (χ0n) is 37.6. The van der Waals surface area contributed by atoms with Crippen LogP contribution in [0.1, 0.15) is 17.8 Å². The zero-order valence-corrected chi connectivity index (χ0v) is 24.6. The van der Waals surface area contributed by atoms with E-state index in [0.29, 0.717) is 27.5 Å². The summed E-state index contributed by atoms with van der Waals surface area (Å²) in [6.45, 7) is 0. The number of furan rings is 1. The van der Waals surface area contributed by atoms with Gasteiger partial charge in [-0.3, -0.25) is 0 Å². The smallest absolute Gasteiger partial charge is 0.136 e. The molecule has 1 nitrogen and oxygen atoms in total. The molecule has 0 saturated carbocycles. The molecule has 0 amide bonds. The highest BCUT2D eigenvalue weighted by molar-refractivity contribution is 6.26. The van der Waals surface area contributed by atoms with Crippen molar-refractivity contribution in [2.24, 2.45) is 0 Å². The summed E-state index contributed by atoms with van der Waals surface area (Å²) in [6, 6.07) is 20.9. The lowest BCUT2D eigenvalue weighted by Crippen LogP contribution is -1.91. The molecule has 0 N–H and O–H groups in total. The van der Waals surface area contributed by atoms with Crippen molar-refractivity contribution in [3.63, 3.8) is 0 Å². The van der Waals surface area contributed by atoms with Crippen molar-refractivity contribution in [3.05, 3.63) is 170 Å². The maximum atomic E-state index is 9.42. The van der Waals surface area contributed by atoms with E-state index in [1.165, 1.54) is 0 Å². The summed E-state index contributed by atoms with van der Waals surface area (Å²) in [5.41, 5.74) is 2.32. The fourth-order valence-corrected chi connectivity index (χ4v) is 7.02. The second kappa shape index (κ2) is 10.2. The molecule has 1 heterocycles. The number of hydrogen-bond donors (Lipinski definition) is 0. The van der Waals surface area contributed by atoms with Crippen LogP contribution < -0.4 is 0 Å². The molecule has 0 saturated heterocycles. The van der Waals surface area contributed by atoms with E-state index in [2.05, 4.69) is 30.3 Å². The molecular weight excluding hydrogens is 569 g/mol. The van der Waals surface area contributed by atoms with Gasteiger partial charge in [-0.15, -0.1) is 0 Å². The standard InChI is InChI=1S/C46H28O/c1-2-13-29(14-3-1)44-35-19-8-10-21-37(35)45(38-22-11-9-20-36(38)44)39-23-12-24-43-46(39)41-28-31(25-26-42(41)47-43)40-27-30-15-4-5-16-32(30)33-17-6-7-18-34(33)40/h1-28H/i1D,2D,3D,8D,9D,10D,11D,13D,14D,19D,20D,21D,22D. The topological polar surface area (TPSA) is 13.1 Å². The van der Waals surface area contributed by atoms with E-state index in [9.17, 15) is 5.48 Å². The van der Waals surface area contributed by atoms with Crippen LogP contribution in [0.5, 0.6) is 0 Å². The summed E-state index contributed by atoms with van der Waals surface area (Å²) in [5, 5.41) is 4.56. The van der Waals surface area contributed by atoms with Gasteiger partial charge in [0.1, 0.15) is 11.2 Å². The molecular formula is C46H28O. The summed E-state index contributed by atoms with van der Waals surface area (Å²) in [5.74, 6) is 0. The second-order valence-electron chi connectivity index (χ2n) is 11.4. The molecule has 1 heteroatoms. The van der Waals surface area contributed by atoms with Crippen molar-refractivity contribution in [1.29, 1.82) is 0 Å². The quantitative estimate of drug-likeness (QED) is 0.143. The van der Waals surface area contributed by atoms with Gasteiger partial charge in [0, 0.05) is 10.8 Å².